The lowest BCUT2D eigenvalue weighted by Gasteiger charge is -2.16. The number of hydrogen-bond acceptors (Lipinski definition) is 5. The third-order valence-corrected chi connectivity index (χ3v) is 3.89. The van der Waals surface area contributed by atoms with Gasteiger partial charge in [0, 0.05) is 11.4 Å². The molecular formula is C14H15FN2O2S. The molecule has 2 aromatic rings. The van der Waals surface area contributed by atoms with Crippen molar-refractivity contribution in [3.63, 3.8) is 0 Å². The summed E-state index contributed by atoms with van der Waals surface area (Å²) < 4.78 is 17.7. The van der Waals surface area contributed by atoms with E-state index in [4.69, 9.17) is 4.74 Å². The average molecular weight is 294 g/mol. The molecule has 1 aromatic carbocycles. The molecule has 0 bridgehead atoms. The third kappa shape index (κ3) is 3.40. The quantitative estimate of drug-likeness (QED) is 0.861. The fraction of sp³-hybridized carbons (Fsp3) is 0.286. The predicted octanol–water partition coefficient (Wildman–Crippen LogP) is 2.59. The second-order valence-corrected chi connectivity index (χ2v) is 5.19. The number of rotatable bonds is 5. The van der Waals surface area contributed by atoms with Gasteiger partial charge in [-0.05, 0) is 24.6 Å². The van der Waals surface area contributed by atoms with E-state index in [-0.39, 0.29) is 5.82 Å². The molecule has 0 aliphatic rings. The van der Waals surface area contributed by atoms with Gasteiger partial charge in [-0.15, -0.1) is 11.3 Å². The first-order valence-corrected chi connectivity index (χ1v) is 6.95. The summed E-state index contributed by atoms with van der Waals surface area (Å²) in [6.07, 6.45) is 0. The SMILES string of the molecule is COC(=O)C(NCc1scnc1C)c1ccc(F)cc1. The summed E-state index contributed by atoms with van der Waals surface area (Å²) in [7, 11) is 1.33. The maximum atomic E-state index is 13.0. The lowest BCUT2D eigenvalue weighted by atomic mass is 10.1. The molecule has 0 aliphatic heterocycles. The fourth-order valence-electron chi connectivity index (χ4n) is 1.80. The van der Waals surface area contributed by atoms with Gasteiger partial charge in [-0.1, -0.05) is 12.1 Å². The maximum Gasteiger partial charge on any atom is 0.327 e. The van der Waals surface area contributed by atoms with E-state index in [9.17, 15) is 9.18 Å². The minimum Gasteiger partial charge on any atom is -0.468 e. The van der Waals surface area contributed by atoms with Gasteiger partial charge in [-0.25, -0.2) is 14.2 Å². The molecule has 1 N–H and O–H groups in total. The highest BCUT2D eigenvalue weighted by atomic mass is 32.1. The number of hydrogen-bond donors (Lipinski definition) is 1. The first-order chi connectivity index (χ1) is 9.61. The second-order valence-electron chi connectivity index (χ2n) is 4.25. The number of methoxy groups -OCH3 is 1. The Bertz CT molecular complexity index is 583. The van der Waals surface area contributed by atoms with Crippen LogP contribution < -0.4 is 5.32 Å². The van der Waals surface area contributed by atoms with Gasteiger partial charge in [-0.3, -0.25) is 5.32 Å². The van der Waals surface area contributed by atoms with Crippen molar-refractivity contribution in [1.29, 1.82) is 0 Å². The van der Waals surface area contributed by atoms with Crippen molar-refractivity contribution >= 4 is 17.3 Å². The van der Waals surface area contributed by atoms with E-state index in [1.807, 2.05) is 6.92 Å². The highest BCUT2D eigenvalue weighted by Crippen LogP contribution is 2.18. The molecule has 20 heavy (non-hydrogen) atoms. The van der Waals surface area contributed by atoms with Crippen LogP contribution in [-0.4, -0.2) is 18.1 Å². The zero-order valence-electron chi connectivity index (χ0n) is 11.2. The molecule has 0 amide bonds. The third-order valence-electron chi connectivity index (χ3n) is 2.95. The number of esters is 1. The monoisotopic (exact) mass is 294 g/mol. The number of nitrogens with one attached hydrogen (secondary N) is 1. The van der Waals surface area contributed by atoms with Gasteiger partial charge in [-0.2, -0.15) is 0 Å². The standard InChI is InChI=1S/C14H15FN2O2S/c1-9-12(20-8-17-9)7-16-13(14(18)19-2)10-3-5-11(15)6-4-10/h3-6,8,13,16H,7H2,1-2H3. The molecule has 6 heteroatoms. The van der Waals surface area contributed by atoms with Crippen LogP contribution in [-0.2, 0) is 16.1 Å². The van der Waals surface area contributed by atoms with Gasteiger partial charge in [0.25, 0.3) is 0 Å². The number of carbonyl (C=O) groups excluding carboxylic acids is 1. The van der Waals surface area contributed by atoms with E-state index >= 15 is 0 Å². The lowest BCUT2D eigenvalue weighted by Crippen LogP contribution is -2.29. The van der Waals surface area contributed by atoms with Crippen molar-refractivity contribution in [2.24, 2.45) is 0 Å². The van der Waals surface area contributed by atoms with Crippen LogP contribution in [0.3, 0.4) is 0 Å². The van der Waals surface area contributed by atoms with Gasteiger partial charge in [0.05, 0.1) is 18.3 Å². The number of thiazole rings is 1. The summed E-state index contributed by atoms with van der Waals surface area (Å²) in [6, 6.07) is 5.17. The topological polar surface area (TPSA) is 51.2 Å². The van der Waals surface area contributed by atoms with Crippen molar-refractivity contribution in [1.82, 2.24) is 10.3 Å². The van der Waals surface area contributed by atoms with Gasteiger partial charge in [0.1, 0.15) is 11.9 Å². The van der Waals surface area contributed by atoms with Crippen molar-refractivity contribution in [3.05, 3.63) is 51.7 Å². The largest absolute Gasteiger partial charge is 0.468 e. The molecule has 0 fully saturated rings. The maximum absolute atomic E-state index is 13.0. The number of ether oxygens (including phenoxy) is 1. The molecular weight excluding hydrogens is 279 g/mol. The molecule has 4 nitrogen and oxygen atoms in total. The zero-order chi connectivity index (χ0) is 14.5. The molecule has 1 unspecified atom stereocenters. The van der Waals surface area contributed by atoms with Crippen LogP contribution in [0, 0.1) is 12.7 Å². The number of aromatic nitrogens is 1. The van der Waals surface area contributed by atoms with Crippen LogP contribution in [0.15, 0.2) is 29.8 Å². The normalized spacial score (nSPS) is 12.2. The molecule has 0 spiro atoms. The van der Waals surface area contributed by atoms with E-state index in [1.54, 1.807) is 17.6 Å². The highest BCUT2D eigenvalue weighted by Gasteiger charge is 2.21. The smallest absolute Gasteiger partial charge is 0.327 e. The van der Waals surface area contributed by atoms with Gasteiger partial charge < -0.3 is 4.74 Å². The molecule has 106 valence electrons. The van der Waals surface area contributed by atoms with Crippen molar-refractivity contribution < 1.29 is 13.9 Å². The Morgan fingerprint density at radius 3 is 2.70 bits per heavy atom. The Morgan fingerprint density at radius 2 is 2.15 bits per heavy atom. The van der Waals surface area contributed by atoms with Crippen LogP contribution in [0.1, 0.15) is 22.2 Å². The van der Waals surface area contributed by atoms with Gasteiger partial charge >= 0.3 is 5.97 Å². The number of halogens is 1. The molecule has 1 heterocycles. The van der Waals surface area contributed by atoms with Crippen LogP contribution in [0.4, 0.5) is 4.39 Å². The lowest BCUT2D eigenvalue weighted by molar-refractivity contribution is -0.143. The van der Waals surface area contributed by atoms with E-state index in [0.29, 0.717) is 12.1 Å². The van der Waals surface area contributed by atoms with Crippen LogP contribution in [0.2, 0.25) is 0 Å². The Kier molecular flexibility index (Phi) is 4.81. The number of carbonyl (C=O) groups is 1. The number of nitrogens with zero attached hydrogens (tertiary/aromatic N) is 1. The fourth-order valence-corrected chi connectivity index (χ4v) is 2.53. The van der Waals surface area contributed by atoms with Crippen molar-refractivity contribution in [2.45, 2.75) is 19.5 Å². The Morgan fingerprint density at radius 1 is 1.45 bits per heavy atom. The molecule has 0 radical (unpaired) electrons. The van der Waals surface area contributed by atoms with Crippen LogP contribution in [0.25, 0.3) is 0 Å². The number of benzene rings is 1. The molecule has 0 saturated carbocycles. The summed E-state index contributed by atoms with van der Waals surface area (Å²) in [5.74, 6) is -0.741. The zero-order valence-corrected chi connectivity index (χ0v) is 12.0. The summed E-state index contributed by atoms with van der Waals surface area (Å²) in [5.41, 5.74) is 3.36. The first kappa shape index (κ1) is 14.6. The van der Waals surface area contributed by atoms with Crippen molar-refractivity contribution in [3.8, 4) is 0 Å². The van der Waals surface area contributed by atoms with Crippen LogP contribution >= 0.6 is 11.3 Å². The van der Waals surface area contributed by atoms with E-state index < -0.39 is 12.0 Å². The van der Waals surface area contributed by atoms with Gasteiger partial charge in [0.15, 0.2) is 0 Å². The first-order valence-electron chi connectivity index (χ1n) is 6.07. The minimum absolute atomic E-state index is 0.337. The molecule has 2 rings (SSSR count). The summed E-state index contributed by atoms with van der Waals surface area (Å²) >= 11 is 1.52. The summed E-state index contributed by atoms with van der Waals surface area (Å²) in [6.45, 7) is 2.42. The van der Waals surface area contributed by atoms with E-state index in [0.717, 1.165) is 10.6 Å². The average Bonchev–Trinajstić information content (AvgIpc) is 2.86. The molecule has 1 atom stereocenters. The highest BCUT2D eigenvalue weighted by molar-refractivity contribution is 7.09. The Balaban J connectivity index is 2.14. The summed E-state index contributed by atoms with van der Waals surface area (Å²) in [4.78, 5) is 17.1. The van der Waals surface area contributed by atoms with Crippen LogP contribution in [0.5, 0.6) is 0 Å². The molecule has 0 saturated heterocycles. The second kappa shape index (κ2) is 6.58. The minimum atomic E-state index is -0.623. The predicted molar refractivity (Wildman–Crippen MR) is 74.8 cm³/mol. The van der Waals surface area contributed by atoms with Gasteiger partial charge in [0.2, 0.25) is 0 Å². The number of aryl methyl sites for hydroxylation is 1. The summed E-state index contributed by atoms with van der Waals surface area (Å²) in [5, 5.41) is 3.12. The van der Waals surface area contributed by atoms with E-state index in [2.05, 4.69) is 10.3 Å². The molecule has 0 aliphatic carbocycles. The Labute approximate surface area is 120 Å². The molecule has 1 aromatic heterocycles. The Hall–Kier alpha value is -1.79. The van der Waals surface area contributed by atoms with E-state index in [1.165, 1.54) is 30.6 Å². The van der Waals surface area contributed by atoms with Crippen molar-refractivity contribution in [2.75, 3.05) is 7.11 Å².